The predicted molar refractivity (Wildman–Crippen MR) is 78.1 cm³/mol. The molecule has 0 saturated carbocycles. The zero-order valence-corrected chi connectivity index (χ0v) is 12.6. The minimum Gasteiger partial charge on any atom is -0.322 e. The lowest BCUT2D eigenvalue weighted by atomic mass is 10.1. The number of amides is 2. The van der Waals surface area contributed by atoms with E-state index in [0.717, 1.165) is 6.07 Å². The van der Waals surface area contributed by atoms with Gasteiger partial charge in [0, 0.05) is 25.5 Å². The maximum Gasteiger partial charge on any atom is 0.435 e. The third-order valence-electron chi connectivity index (χ3n) is 3.76. The molecule has 2 aromatic rings. The number of carbonyl (C=O) groups excluding carboxylic acids is 1. The molecule has 128 valence electrons. The molecule has 3 rings (SSSR count). The Balaban J connectivity index is 1.66. The van der Waals surface area contributed by atoms with Crippen LogP contribution in [-0.2, 0) is 6.18 Å². The highest BCUT2D eigenvalue weighted by molar-refractivity contribution is 5.88. The van der Waals surface area contributed by atoms with Crippen molar-refractivity contribution in [3.63, 3.8) is 0 Å². The van der Waals surface area contributed by atoms with E-state index in [0.29, 0.717) is 25.2 Å². The van der Waals surface area contributed by atoms with Gasteiger partial charge in [-0.2, -0.15) is 23.4 Å². The number of hydrogen-bond acceptors (Lipinski definition) is 4. The molecule has 1 aliphatic rings. The van der Waals surface area contributed by atoms with Crippen LogP contribution in [0.3, 0.4) is 0 Å². The maximum atomic E-state index is 12.7. The van der Waals surface area contributed by atoms with Crippen molar-refractivity contribution in [2.45, 2.75) is 25.1 Å². The van der Waals surface area contributed by atoms with E-state index in [1.54, 1.807) is 12.1 Å². The van der Waals surface area contributed by atoms with Crippen LogP contribution in [0.4, 0.5) is 23.8 Å². The first-order valence-electron chi connectivity index (χ1n) is 7.39. The third-order valence-corrected chi connectivity index (χ3v) is 3.76. The summed E-state index contributed by atoms with van der Waals surface area (Å²) in [5.74, 6) is 0.322. The normalized spacial score (nSPS) is 18.5. The molecule has 1 aliphatic heterocycles. The van der Waals surface area contributed by atoms with Crippen LogP contribution >= 0.6 is 0 Å². The van der Waals surface area contributed by atoms with Crippen molar-refractivity contribution >= 4 is 11.8 Å². The van der Waals surface area contributed by atoms with Gasteiger partial charge >= 0.3 is 12.2 Å². The highest BCUT2D eigenvalue weighted by atomic mass is 19.4. The quantitative estimate of drug-likeness (QED) is 0.912. The third kappa shape index (κ3) is 3.63. The van der Waals surface area contributed by atoms with E-state index in [4.69, 9.17) is 0 Å². The van der Waals surface area contributed by atoms with Crippen LogP contribution in [0.1, 0.15) is 24.6 Å². The number of piperidine rings is 1. The highest BCUT2D eigenvalue weighted by Crippen LogP contribution is 2.29. The summed E-state index contributed by atoms with van der Waals surface area (Å²) in [4.78, 5) is 13.8. The summed E-state index contributed by atoms with van der Waals surface area (Å²) in [6, 6.07) is 3.55. The van der Waals surface area contributed by atoms with E-state index in [1.807, 2.05) is 0 Å². The Morgan fingerprint density at radius 1 is 1.33 bits per heavy atom. The molecule has 0 unspecified atom stereocenters. The Kier molecular flexibility index (Phi) is 4.36. The van der Waals surface area contributed by atoms with Crippen molar-refractivity contribution in [3.8, 4) is 0 Å². The lowest BCUT2D eigenvalue weighted by Crippen LogP contribution is -2.43. The van der Waals surface area contributed by atoms with Gasteiger partial charge in [-0.1, -0.05) is 0 Å². The number of nitrogens with zero attached hydrogens (tertiary/aromatic N) is 5. The molecule has 2 aromatic heterocycles. The summed E-state index contributed by atoms with van der Waals surface area (Å²) in [6.07, 6.45) is -0.337. The number of aromatic nitrogens is 4. The van der Waals surface area contributed by atoms with Gasteiger partial charge in [-0.25, -0.2) is 4.79 Å². The molecule has 1 atom stereocenters. The van der Waals surface area contributed by atoms with Gasteiger partial charge in [0.2, 0.25) is 0 Å². The number of likely N-dealkylation sites (tertiary alicyclic amines) is 1. The number of alkyl halides is 3. The number of hydrogen-bond donors (Lipinski definition) is 1. The summed E-state index contributed by atoms with van der Waals surface area (Å²) in [5.41, 5.74) is -0.927. The van der Waals surface area contributed by atoms with Gasteiger partial charge in [0.15, 0.2) is 11.5 Å². The molecule has 0 bridgehead atoms. The van der Waals surface area contributed by atoms with Gasteiger partial charge in [-0.3, -0.25) is 10.00 Å². The number of carbonyl (C=O) groups is 1. The zero-order chi connectivity index (χ0) is 17.2. The lowest BCUT2D eigenvalue weighted by molar-refractivity contribution is -0.141. The molecule has 1 fully saturated rings. The topological polar surface area (TPSA) is 75.9 Å². The van der Waals surface area contributed by atoms with Crippen molar-refractivity contribution in [1.82, 2.24) is 24.9 Å². The molecule has 10 heteroatoms. The van der Waals surface area contributed by atoms with Crippen LogP contribution in [0.2, 0.25) is 0 Å². The van der Waals surface area contributed by atoms with E-state index in [-0.39, 0.29) is 18.6 Å². The number of rotatable bonds is 2. The van der Waals surface area contributed by atoms with E-state index >= 15 is 0 Å². The second-order valence-corrected chi connectivity index (χ2v) is 5.46. The monoisotopic (exact) mass is 340 g/mol. The Morgan fingerprint density at radius 2 is 2.17 bits per heavy atom. The van der Waals surface area contributed by atoms with Crippen molar-refractivity contribution in [2.24, 2.45) is 0 Å². The SMILES string of the molecule is O=C(Nc1cccnn1)N1CCC[C@@H](n2ccc(C(F)(F)F)n2)C1. The smallest absolute Gasteiger partial charge is 0.322 e. The Hall–Kier alpha value is -2.65. The summed E-state index contributed by atoms with van der Waals surface area (Å²) in [6.45, 7) is 0.807. The maximum absolute atomic E-state index is 12.7. The fourth-order valence-electron chi connectivity index (χ4n) is 2.60. The molecule has 0 spiro atoms. The second kappa shape index (κ2) is 6.46. The van der Waals surface area contributed by atoms with Gasteiger partial charge in [-0.05, 0) is 31.0 Å². The molecule has 0 radical (unpaired) electrons. The predicted octanol–water partition coefficient (Wildman–Crippen LogP) is 2.56. The average Bonchev–Trinajstić information content (AvgIpc) is 3.06. The first kappa shape index (κ1) is 16.2. The first-order chi connectivity index (χ1) is 11.4. The highest BCUT2D eigenvalue weighted by Gasteiger charge is 2.34. The summed E-state index contributed by atoms with van der Waals surface area (Å²) in [5, 5.41) is 13.6. The van der Waals surface area contributed by atoms with E-state index in [1.165, 1.54) is 22.0 Å². The van der Waals surface area contributed by atoms with Crippen LogP contribution in [-0.4, -0.2) is 44.0 Å². The van der Waals surface area contributed by atoms with Crippen LogP contribution < -0.4 is 5.32 Å². The second-order valence-electron chi connectivity index (χ2n) is 5.46. The number of anilines is 1. The number of urea groups is 1. The lowest BCUT2D eigenvalue weighted by Gasteiger charge is -2.32. The van der Waals surface area contributed by atoms with Crippen LogP contribution in [0.25, 0.3) is 0 Å². The molecule has 0 aromatic carbocycles. The molecule has 7 nitrogen and oxygen atoms in total. The van der Waals surface area contributed by atoms with E-state index in [9.17, 15) is 18.0 Å². The molecule has 0 aliphatic carbocycles. The molecule has 1 N–H and O–H groups in total. The van der Waals surface area contributed by atoms with Crippen molar-refractivity contribution in [2.75, 3.05) is 18.4 Å². The Morgan fingerprint density at radius 3 is 2.83 bits per heavy atom. The van der Waals surface area contributed by atoms with Crippen LogP contribution in [0, 0.1) is 0 Å². The number of halogens is 3. The van der Waals surface area contributed by atoms with Gasteiger partial charge < -0.3 is 4.90 Å². The summed E-state index contributed by atoms with van der Waals surface area (Å²) < 4.78 is 39.2. The molecule has 1 saturated heterocycles. The fraction of sp³-hybridized carbons (Fsp3) is 0.429. The fourth-order valence-corrected chi connectivity index (χ4v) is 2.60. The molecular weight excluding hydrogens is 325 g/mol. The Bertz CT molecular complexity index is 702. The van der Waals surface area contributed by atoms with Crippen molar-refractivity contribution < 1.29 is 18.0 Å². The first-order valence-corrected chi connectivity index (χ1v) is 7.39. The average molecular weight is 340 g/mol. The number of nitrogens with one attached hydrogen (secondary N) is 1. The van der Waals surface area contributed by atoms with Gasteiger partial charge in [0.05, 0.1) is 6.04 Å². The molecule has 3 heterocycles. The zero-order valence-electron chi connectivity index (χ0n) is 12.6. The van der Waals surface area contributed by atoms with E-state index < -0.39 is 11.9 Å². The summed E-state index contributed by atoms with van der Waals surface area (Å²) in [7, 11) is 0. The molecule has 24 heavy (non-hydrogen) atoms. The van der Waals surface area contributed by atoms with Gasteiger partial charge in [-0.15, -0.1) is 5.10 Å². The minimum absolute atomic E-state index is 0.283. The molecular formula is C14H15F3N6O. The van der Waals surface area contributed by atoms with Crippen LogP contribution in [0.5, 0.6) is 0 Å². The van der Waals surface area contributed by atoms with Gasteiger partial charge in [0.25, 0.3) is 0 Å². The molecule has 2 amide bonds. The largest absolute Gasteiger partial charge is 0.435 e. The Labute approximate surface area is 135 Å². The summed E-state index contributed by atoms with van der Waals surface area (Å²) >= 11 is 0. The van der Waals surface area contributed by atoms with Crippen molar-refractivity contribution in [3.05, 3.63) is 36.3 Å². The van der Waals surface area contributed by atoms with Crippen LogP contribution in [0.15, 0.2) is 30.6 Å². The van der Waals surface area contributed by atoms with E-state index in [2.05, 4.69) is 20.6 Å². The standard InChI is InChI=1S/C14H15F3N6O/c15-14(16,17)11-5-8-23(21-11)10-3-2-7-22(9-10)13(24)19-12-4-1-6-18-20-12/h1,4-6,8,10H,2-3,7,9H2,(H,19,20,24)/t10-/m1/s1. The minimum atomic E-state index is -4.47. The van der Waals surface area contributed by atoms with Crippen molar-refractivity contribution in [1.29, 1.82) is 0 Å². The van der Waals surface area contributed by atoms with Gasteiger partial charge in [0.1, 0.15) is 0 Å².